The molecule has 0 aliphatic rings. The molecule has 0 aliphatic carbocycles. The molecule has 3 aromatic rings. The average molecular weight is 270 g/mol. The summed E-state index contributed by atoms with van der Waals surface area (Å²) >= 11 is 1.64. The molecule has 4 nitrogen and oxygen atoms in total. The molecule has 2 heterocycles. The molecule has 19 heavy (non-hydrogen) atoms. The second-order valence-corrected chi connectivity index (χ2v) is 5.72. The molecule has 3 rings (SSSR count). The molecule has 1 aromatic carbocycles. The summed E-state index contributed by atoms with van der Waals surface area (Å²) in [6.07, 6.45) is 3.41. The highest BCUT2D eigenvalue weighted by molar-refractivity contribution is 7.09. The molecule has 1 N–H and O–H groups in total. The van der Waals surface area contributed by atoms with Gasteiger partial charge in [0, 0.05) is 17.0 Å². The van der Waals surface area contributed by atoms with E-state index >= 15 is 0 Å². The number of thiazole rings is 1. The molecule has 0 saturated heterocycles. The van der Waals surface area contributed by atoms with Crippen molar-refractivity contribution in [1.82, 2.24) is 15.0 Å². The zero-order chi connectivity index (χ0) is 13.3. The Morgan fingerprint density at radius 3 is 2.74 bits per heavy atom. The minimum atomic E-state index is -0.259. The summed E-state index contributed by atoms with van der Waals surface area (Å²) in [5.41, 5.74) is 0.681. The molecule has 5 heteroatoms. The molecule has 0 atom stereocenters. The Kier molecular flexibility index (Phi) is 2.91. The van der Waals surface area contributed by atoms with Crippen LogP contribution in [-0.4, -0.2) is 15.0 Å². The number of aromatic nitrogens is 3. The normalized spacial score (nSPS) is 11.7. The monoisotopic (exact) mass is 270 g/mol. The molecule has 0 unspecified atom stereocenters. The molecule has 2 aromatic heterocycles. The fourth-order valence-electron chi connectivity index (χ4n) is 1.99. The number of hydrogen-bond acceptors (Lipinski definition) is 5. The van der Waals surface area contributed by atoms with E-state index in [1.54, 1.807) is 17.7 Å². The highest BCUT2D eigenvalue weighted by Crippen LogP contribution is 2.29. The summed E-state index contributed by atoms with van der Waals surface area (Å²) in [4.78, 5) is 13.0. The van der Waals surface area contributed by atoms with Crippen molar-refractivity contribution >= 4 is 28.1 Å². The lowest BCUT2D eigenvalue weighted by molar-refractivity contribution is 0.602. The fourth-order valence-corrected chi connectivity index (χ4v) is 2.70. The van der Waals surface area contributed by atoms with E-state index in [1.807, 2.05) is 35.8 Å². The first-order chi connectivity index (χ1) is 9.17. The molecule has 96 valence electrons. The van der Waals surface area contributed by atoms with Crippen LogP contribution in [0.5, 0.6) is 0 Å². The summed E-state index contributed by atoms with van der Waals surface area (Å²) in [6, 6.07) is 7.98. The quantitative estimate of drug-likeness (QED) is 0.792. The summed E-state index contributed by atoms with van der Waals surface area (Å²) in [5, 5.41) is 7.50. The van der Waals surface area contributed by atoms with Crippen molar-refractivity contribution in [1.29, 1.82) is 0 Å². The van der Waals surface area contributed by atoms with Crippen LogP contribution in [0, 0.1) is 0 Å². The van der Waals surface area contributed by atoms with E-state index in [9.17, 15) is 0 Å². The predicted octanol–water partition coefficient (Wildman–Crippen LogP) is 3.43. The van der Waals surface area contributed by atoms with Crippen molar-refractivity contribution in [3.8, 4) is 0 Å². The second-order valence-electron chi connectivity index (χ2n) is 4.83. The van der Waals surface area contributed by atoms with Gasteiger partial charge in [0.25, 0.3) is 0 Å². The first-order valence-corrected chi connectivity index (χ1v) is 6.93. The van der Waals surface area contributed by atoms with Crippen LogP contribution < -0.4 is 5.32 Å². The van der Waals surface area contributed by atoms with E-state index in [4.69, 9.17) is 0 Å². The van der Waals surface area contributed by atoms with Gasteiger partial charge >= 0.3 is 0 Å². The molecule has 0 radical (unpaired) electrons. The Hall–Kier alpha value is -2.01. The van der Waals surface area contributed by atoms with Gasteiger partial charge in [0.15, 0.2) is 0 Å². The van der Waals surface area contributed by atoms with Gasteiger partial charge in [-0.25, -0.2) is 15.0 Å². The number of rotatable bonds is 3. The van der Waals surface area contributed by atoms with Crippen molar-refractivity contribution < 1.29 is 0 Å². The lowest BCUT2D eigenvalue weighted by atomic mass is 10.1. The average Bonchev–Trinajstić information content (AvgIpc) is 2.93. The van der Waals surface area contributed by atoms with Gasteiger partial charge in [0.2, 0.25) is 0 Å². The van der Waals surface area contributed by atoms with Gasteiger partial charge in [-0.05, 0) is 26.0 Å². The van der Waals surface area contributed by atoms with Gasteiger partial charge in [-0.3, -0.25) is 0 Å². The minimum absolute atomic E-state index is 0.259. The maximum absolute atomic E-state index is 4.38. The Morgan fingerprint density at radius 1 is 1.11 bits per heavy atom. The number of fused-ring (bicyclic) bond motifs is 1. The lowest BCUT2D eigenvalue weighted by Crippen LogP contribution is -2.28. The van der Waals surface area contributed by atoms with Crippen LogP contribution in [0.15, 0.2) is 42.2 Å². The van der Waals surface area contributed by atoms with Crippen LogP contribution >= 0.6 is 11.3 Å². The summed E-state index contributed by atoms with van der Waals surface area (Å²) in [5.74, 6) is 0.839. The summed E-state index contributed by atoms with van der Waals surface area (Å²) in [6.45, 7) is 4.20. The smallest absolute Gasteiger partial charge is 0.138 e. The van der Waals surface area contributed by atoms with Gasteiger partial charge in [-0.15, -0.1) is 11.3 Å². The highest BCUT2D eigenvalue weighted by Gasteiger charge is 2.24. The molecule has 0 amide bonds. The molecular formula is C14H14N4S. The molecular weight excluding hydrogens is 256 g/mol. The Bertz CT molecular complexity index is 686. The molecule has 0 bridgehead atoms. The highest BCUT2D eigenvalue weighted by atomic mass is 32.1. The molecule has 0 aliphatic heterocycles. The Labute approximate surface area is 115 Å². The lowest BCUT2D eigenvalue weighted by Gasteiger charge is -2.25. The third kappa shape index (κ3) is 2.29. The van der Waals surface area contributed by atoms with Crippen molar-refractivity contribution in [2.24, 2.45) is 0 Å². The van der Waals surface area contributed by atoms with Gasteiger partial charge < -0.3 is 5.32 Å². The number of nitrogens with one attached hydrogen (secondary N) is 1. The van der Waals surface area contributed by atoms with Crippen LogP contribution in [0.2, 0.25) is 0 Å². The largest absolute Gasteiger partial charge is 0.358 e. The van der Waals surface area contributed by atoms with Crippen LogP contribution in [0.3, 0.4) is 0 Å². The van der Waals surface area contributed by atoms with E-state index in [0.29, 0.717) is 0 Å². The van der Waals surface area contributed by atoms with Crippen LogP contribution in [0.4, 0.5) is 5.82 Å². The maximum Gasteiger partial charge on any atom is 0.138 e. The van der Waals surface area contributed by atoms with Gasteiger partial charge in [-0.2, -0.15) is 0 Å². The van der Waals surface area contributed by atoms with Crippen molar-refractivity contribution in [3.05, 3.63) is 47.2 Å². The van der Waals surface area contributed by atoms with Gasteiger partial charge in [0.1, 0.15) is 17.2 Å². The minimum Gasteiger partial charge on any atom is -0.358 e. The Morgan fingerprint density at radius 2 is 1.95 bits per heavy atom. The van der Waals surface area contributed by atoms with E-state index in [1.165, 1.54) is 0 Å². The number of para-hydroxylation sites is 1. The Balaban J connectivity index is 2.02. The standard InChI is InChI=1S/C14H14N4S/c1-14(2,13-15-7-8-19-13)18-12-10-5-3-4-6-11(10)16-9-17-12/h3-9H,1-2H3,(H,16,17,18). The molecule has 0 spiro atoms. The first-order valence-electron chi connectivity index (χ1n) is 6.05. The van der Waals surface area contributed by atoms with E-state index in [0.717, 1.165) is 21.7 Å². The van der Waals surface area contributed by atoms with Crippen LogP contribution in [0.25, 0.3) is 10.9 Å². The number of nitrogens with zero attached hydrogens (tertiary/aromatic N) is 3. The van der Waals surface area contributed by atoms with Crippen molar-refractivity contribution in [3.63, 3.8) is 0 Å². The summed E-state index contributed by atoms with van der Waals surface area (Å²) in [7, 11) is 0. The SMILES string of the molecule is CC(C)(Nc1ncnc2ccccc12)c1nccs1. The van der Waals surface area contributed by atoms with E-state index < -0.39 is 0 Å². The fraction of sp³-hybridized carbons (Fsp3) is 0.214. The summed E-state index contributed by atoms with van der Waals surface area (Å²) < 4.78 is 0. The first kappa shape index (κ1) is 12.0. The van der Waals surface area contributed by atoms with Crippen molar-refractivity contribution in [2.75, 3.05) is 5.32 Å². The number of anilines is 1. The number of hydrogen-bond donors (Lipinski definition) is 1. The third-order valence-corrected chi connectivity index (χ3v) is 4.04. The van der Waals surface area contributed by atoms with Crippen LogP contribution in [0.1, 0.15) is 18.9 Å². The maximum atomic E-state index is 4.38. The second kappa shape index (κ2) is 4.59. The van der Waals surface area contributed by atoms with Gasteiger partial charge in [-0.1, -0.05) is 12.1 Å². The molecule has 0 saturated carbocycles. The third-order valence-electron chi connectivity index (χ3n) is 2.94. The van der Waals surface area contributed by atoms with E-state index in [2.05, 4.69) is 34.1 Å². The van der Waals surface area contributed by atoms with E-state index in [-0.39, 0.29) is 5.54 Å². The van der Waals surface area contributed by atoms with Gasteiger partial charge in [0.05, 0.1) is 11.1 Å². The molecule has 0 fully saturated rings. The van der Waals surface area contributed by atoms with Crippen LogP contribution in [-0.2, 0) is 5.54 Å². The zero-order valence-corrected chi connectivity index (χ0v) is 11.6. The topological polar surface area (TPSA) is 50.7 Å². The number of benzene rings is 1. The zero-order valence-electron chi connectivity index (χ0n) is 10.8. The predicted molar refractivity (Wildman–Crippen MR) is 78.3 cm³/mol. The van der Waals surface area contributed by atoms with Crippen molar-refractivity contribution in [2.45, 2.75) is 19.4 Å².